The third-order valence-electron chi connectivity index (χ3n) is 3.65. The smallest absolute Gasteiger partial charge is 0.293 e. The Balaban J connectivity index is 1.91. The Morgan fingerprint density at radius 3 is 2.65 bits per heavy atom. The fourth-order valence-corrected chi connectivity index (χ4v) is 2.35. The standard InChI is InChI=1S/C18H16N4O4/c1-3-10-19-15-9-6-13(11-16(15)22(23)24)18-20-17(21-26-18)12-4-7-14(25-2)8-5-12/h3-9,11,19H,1,10H2,2H3. The van der Waals surface area contributed by atoms with Crippen molar-refractivity contribution in [3.8, 4) is 28.6 Å². The van der Waals surface area contributed by atoms with Crippen molar-refractivity contribution >= 4 is 11.4 Å². The van der Waals surface area contributed by atoms with E-state index in [0.717, 1.165) is 11.3 Å². The first-order chi connectivity index (χ1) is 12.6. The number of methoxy groups -OCH3 is 1. The Morgan fingerprint density at radius 1 is 1.27 bits per heavy atom. The Hall–Kier alpha value is -3.68. The summed E-state index contributed by atoms with van der Waals surface area (Å²) in [6, 6.07) is 11.9. The molecular weight excluding hydrogens is 336 g/mol. The van der Waals surface area contributed by atoms with Crippen molar-refractivity contribution < 1.29 is 14.2 Å². The number of nitro groups is 1. The number of hydrogen-bond acceptors (Lipinski definition) is 7. The maximum atomic E-state index is 11.3. The van der Waals surface area contributed by atoms with Gasteiger partial charge >= 0.3 is 0 Å². The zero-order valence-corrected chi connectivity index (χ0v) is 14.0. The highest BCUT2D eigenvalue weighted by Crippen LogP contribution is 2.31. The van der Waals surface area contributed by atoms with Crippen molar-refractivity contribution in [3.63, 3.8) is 0 Å². The fourth-order valence-electron chi connectivity index (χ4n) is 2.35. The van der Waals surface area contributed by atoms with Crippen LogP contribution in [-0.2, 0) is 0 Å². The third-order valence-corrected chi connectivity index (χ3v) is 3.65. The number of nitrogens with zero attached hydrogens (tertiary/aromatic N) is 3. The van der Waals surface area contributed by atoms with E-state index in [-0.39, 0.29) is 11.6 Å². The summed E-state index contributed by atoms with van der Waals surface area (Å²) in [6.45, 7) is 4.00. The molecule has 0 fully saturated rings. The van der Waals surface area contributed by atoms with Crippen LogP contribution in [0.1, 0.15) is 0 Å². The molecule has 0 unspecified atom stereocenters. The van der Waals surface area contributed by atoms with Crippen LogP contribution in [0.3, 0.4) is 0 Å². The molecular formula is C18H16N4O4. The average Bonchev–Trinajstić information content (AvgIpc) is 3.16. The number of ether oxygens (including phenoxy) is 1. The molecule has 0 aliphatic heterocycles. The lowest BCUT2D eigenvalue weighted by atomic mass is 10.1. The van der Waals surface area contributed by atoms with Gasteiger partial charge in [0.05, 0.1) is 12.0 Å². The summed E-state index contributed by atoms with van der Waals surface area (Å²) in [7, 11) is 1.59. The zero-order chi connectivity index (χ0) is 18.5. The molecule has 1 N–H and O–H groups in total. The summed E-state index contributed by atoms with van der Waals surface area (Å²) in [4.78, 5) is 15.2. The van der Waals surface area contributed by atoms with Crippen LogP contribution in [0, 0.1) is 10.1 Å². The van der Waals surface area contributed by atoms with Crippen molar-refractivity contribution in [2.75, 3.05) is 19.0 Å². The average molecular weight is 352 g/mol. The number of anilines is 1. The molecule has 1 aromatic heterocycles. The molecule has 26 heavy (non-hydrogen) atoms. The molecule has 0 aliphatic carbocycles. The highest BCUT2D eigenvalue weighted by atomic mass is 16.6. The maximum Gasteiger partial charge on any atom is 0.293 e. The van der Waals surface area contributed by atoms with E-state index in [2.05, 4.69) is 22.0 Å². The number of aromatic nitrogens is 2. The van der Waals surface area contributed by atoms with Crippen molar-refractivity contribution in [1.82, 2.24) is 10.1 Å². The largest absolute Gasteiger partial charge is 0.497 e. The lowest BCUT2D eigenvalue weighted by Gasteiger charge is -2.05. The minimum Gasteiger partial charge on any atom is -0.497 e. The van der Waals surface area contributed by atoms with Crippen LogP contribution in [0.2, 0.25) is 0 Å². The molecule has 0 atom stereocenters. The van der Waals surface area contributed by atoms with Gasteiger partial charge in [-0.05, 0) is 36.4 Å². The van der Waals surface area contributed by atoms with Crippen molar-refractivity contribution in [1.29, 1.82) is 0 Å². The van der Waals surface area contributed by atoms with Crippen LogP contribution < -0.4 is 10.1 Å². The van der Waals surface area contributed by atoms with Crippen LogP contribution in [0.25, 0.3) is 22.8 Å². The van der Waals surface area contributed by atoms with E-state index in [1.54, 1.807) is 49.6 Å². The molecule has 2 aromatic carbocycles. The van der Waals surface area contributed by atoms with Gasteiger partial charge in [-0.25, -0.2) is 0 Å². The molecule has 0 amide bonds. The quantitative estimate of drug-likeness (QED) is 0.390. The monoisotopic (exact) mass is 352 g/mol. The van der Waals surface area contributed by atoms with Crippen LogP contribution in [0.5, 0.6) is 5.75 Å². The first-order valence-corrected chi connectivity index (χ1v) is 7.74. The normalized spacial score (nSPS) is 10.3. The van der Waals surface area contributed by atoms with E-state index in [0.29, 0.717) is 23.6 Å². The van der Waals surface area contributed by atoms with E-state index in [1.807, 2.05) is 0 Å². The molecule has 0 spiro atoms. The second-order valence-electron chi connectivity index (χ2n) is 5.31. The highest BCUT2D eigenvalue weighted by Gasteiger charge is 2.18. The zero-order valence-electron chi connectivity index (χ0n) is 14.0. The minimum atomic E-state index is -0.463. The molecule has 0 saturated carbocycles. The molecule has 8 heteroatoms. The number of benzene rings is 2. The van der Waals surface area contributed by atoms with Gasteiger partial charge in [0, 0.05) is 23.7 Å². The molecule has 3 rings (SSSR count). The van der Waals surface area contributed by atoms with Gasteiger partial charge in [0.2, 0.25) is 5.82 Å². The van der Waals surface area contributed by atoms with Gasteiger partial charge < -0.3 is 14.6 Å². The molecule has 0 radical (unpaired) electrons. The van der Waals surface area contributed by atoms with Gasteiger partial charge in [0.15, 0.2) is 0 Å². The van der Waals surface area contributed by atoms with Gasteiger partial charge in [-0.1, -0.05) is 11.2 Å². The molecule has 3 aromatic rings. The summed E-state index contributed by atoms with van der Waals surface area (Å²) in [5.74, 6) is 1.31. The van der Waals surface area contributed by atoms with E-state index >= 15 is 0 Å². The second-order valence-corrected chi connectivity index (χ2v) is 5.31. The van der Waals surface area contributed by atoms with E-state index in [4.69, 9.17) is 9.26 Å². The van der Waals surface area contributed by atoms with Crippen molar-refractivity contribution in [2.45, 2.75) is 0 Å². The summed E-state index contributed by atoms with van der Waals surface area (Å²) in [5.41, 5.74) is 1.54. The number of nitrogens with one attached hydrogen (secondary N) is 1. The highest BCUT2D eigenvalue weighted by molar-refractivity contribution is 5.70. The van der Waals surface area contributed by atoms with Gasteiger partial charge in [-0.3, -0.25) is 10.1 Å². The Morgan fingerprint density at radius 2 is 2.00 bits per heavy atom. The van der Waals surface area contributed by atoms with E-state index < -0.39 is 4.92 Å². The van der Waals surface area contributed by atoms with Crippen molar-refractivity contribution in [3.05, 3.63) is 65.2 Å². The number of nitro benzene ring substituents is 1. The summed E-state index contributed by atoms with van der Waals surface area (Å²) >= 11 is 0. The van der Waals surface area contributed by atoms with Gasteiger partial charge in [0.1, 0.15) is 11.4 Å². The molecule has 8 nitrogen and oxygen atoms in total. The lowest BCUT2D eigenvalue weighted by molar-refractivity contribution is -0.383. The first-order valence-electron chi connectivity index (χ1n) is 7.74. The molecule has 132 valence electrons. The van der Waals surface area contributed by atoms with Gasteiger partial charge in [-0.15, -0.1) is 6.58 Å². The van der Waals surface area contributed by atoms with Crippen LogP contribution in [0.4, 0.5) is 11.4 Å². The summed E-state index contributed by atoms with van der Waals surface area (Å²) in [6.07, 6.45) is 1.62. The number of rotatable bonds is 7. The molecule has 0 bridgehead atoms. The maximum absolute atomic E-state index is 11.3. The Labute approximate surface area is 149 Å². The second kappa shape index (κ2) is 7.47. The topological polar surface area (TPSA) is 103 Å². The predicted molar refractivity (Wildman–Crippen MR) is 97.1 cm³/mol. The van der Waals surface area contributed by atoms with Gasteiger partial charge in [0.25, 0.3) is 11.6 Å². The van der Waals surface area contributed by atoms with E-state index in [9.17, 15) is 10.1 Å². The molecule has 0 saturated heterocycles. The van der Waals surface area contributed by atoms with Gasteiger partial charge in [-0.2, -0.15) is 4.98 Å². The first kappa shape index (κ1) is 17.2. The van der Waals surface area contributed by atoms with Crippen LogP contribution in [0.15, 0.2) is 59.6 Å². The number of hydrogen-bond donors (Lipinski definition) is 1. The molecule has 1 heterocycles. The fraction of sp³-hybridized carbons (Fsp3) is 0.111. The Bertz CT molecular complexity index is 935. The Kier molecular flexibility index (Phi) is 4.93. The third kappa shape index (κ3) is 3.54. The summed E-state index contributed by atoms with van der Waals surface area (Å²) in [5, 5.41) is 18.2. The summed E-state index contributed by atoms with van der Waals surface area (Å²) < 4.78 is 10.4. The van der Waals surface area contributed by atoms with E-state index in [1.165, 1.54) is 6.07 Å². The molecule has 0 aliphatic rings. The van der Waals surface area contributed by atoms with Crippen LogP contribution >= 0.6 is 0 Å². The predicted octanol–water partition coefficient (Wildman–Crippen LogP) is 3.92. The minimum absolute atomic E-state index is 0.0754. The van der Waals surface area contributed by atoms with Crippen molar-refractivity contribution in [2.24, 2.45) is 0 Å². The lowest BCUT2D eigenvalue weighted by Crippen LogP contribution is -2.02. The van der Waals surface area contributed by atoms with Crippen LogP contribution in [-0.4, -0.2) is 28.7 Å². The SMILES string of the molecule is C=CCNc1ccc(-c2nc(-c3ccc(OC)cc3)no2)cc1[N+](=O)[O-].